The molecule has 0 saturated heterocycles. The first-order valence-electron chi connectivity index (χ1n) is 5.23. The Balaban J connectivity index is 2.30. The Kier molecular flexibility index (Phi) is 3.06. The van der Waals surface area contributed by atoms with Crippen LogP contribution >= 0.6 is 0 Å². The lowest BCUT2D eigenvalue weighted by atomic mass is 10.1. The maximum absolute atomic E-state index is 12.7. The van der Waals surface area contributed by atoms with Gasteiger partial charge in [-0.2, -0.15) is 0 Å². The third-order valence-electron chi connectivity index (χ3n) is 2.39. The zero-order valence-electron chi connectivity index (χ0n) is 9.31. The SMILES string of the molecule is CC(N)C(=O)c1ccc(-c2ccc(F)cc2)o1. The molecule has 3 nitrogen and oxygen atoms in total. The van der Waals surface area contributed by atoms with Gasteiger partial charge in [0.15, 0.2) is 5.76 Å². The first-order valence-corrected chi connectivity index (χ1v) is 5.23. The van der Waals surface area contributed by atoms with Crippen molar-refractivity contribution in [2.45, 2.75) is 13.0 Å². The van der Waals surface area contributed by atoms with Gasteiger partial charge in [0.05, 0.1) is 6.04 Å². The lowest BCUT2D eigenvalue weighted by Crippen LogP contribution is -2.26. The third kappa shape index (κ3) is 2.42. The first-order chi connectivity index (χ1) is 8.08. The predicted octanol–water partition coefficient (Wildman–Crippen LogP) is 2.62. The summed E-state index contributed by atoms with van der Waals surface area (Å²) in [7, 11) is 0. The predicted molar refractivity (Wildman–Crippen MR) is 62.1 cm³/mol. The lowest BCUT2D eigenvalue weighted by Gasteiger charge is -2.00. The van der Waals surface area contributed by atoms with Gasteiger partial charge < -0.3 is 10.2 Å². The Hall–Kier alpha value is -1.94. The summed E-state index contributed by atoms with van der Waals surface area (Å²) in [5, 5.41) is 0. The van der Waals surface area contributed by atoms with Crippen LogP contribution in [-0.4, -0.2) is 11.8 Å². The van der Waals surface area contributed by atoms with Crippen molar-refractivity contribution >= 4 is 5.78 Å². The van der Waals surface area contributed by atoms with Gasteiger partial charge in [0, 0.05) is 5.56 Å². The number of carbonyl (C=O) groups is 1. The van der Waals surface area contributed by atoms with Crippen LogP contribution in [0.25, 0.3) is 11.3 Å². The molecular weight excluding hydrogens is 221 g/mol. The van der Waals surface area contributed by atoms with Crippen molar-refractivity contribution < 1.29 is 13.6 Å². The number of nitrogens with two attached hydrogens (primary N) is 1. The Labute approximate surface area is 98.0 Å². The van der Waals surface area contributed by atoms with Gasteiger partial charge in [-0.15, -0.1) is 0 Å². The molecule has 2 N–H and O–H groups in total. The summed E-state index contributed by atoms with van der Waals surface area (Å²) in [6.07, 6.45) is 0. The van der Waals surface area contributed by atoms with E-state index in [2.05, 4.69) is 0 Å². The molecule has 0 saturated carbocycles. The smallest absolute Gasteiger partial charge is 0.214 e. The second-order valence-corrected chi connectivity index (χ2v) is 3.82. The highest BCUT2D eigenvalue weighted by molar-refractivity contribution is 5.97. The Bertz CT molecular complexity index is 529. The molecule has 0 aliphatic rings. The number of hydrogen-bond donors (Lipinski definition) is 1. The monoisotopic (exact) mass is 233 g/mol. The summed E-state index contributed by atoms with van der Waals surface area (Å²) in [5.41, 5.74) is 6.19. The fraction of sp³-hybridized carbons (Fsp3) is 0.154. The molecule has 0 bridgehead atoms. The average molecular weight is 233 g/mol. The largest absolute Gasteiger partial charge is 0.453 e. The molecule has 1 aromatic carbocycles. The number of Topliss-reactive ketones (excluding diaryl/α,β-unsaturated/α-hetero) is 1. The van der Waals surface area contributed by atoms with Gasteiger partial charge in [-0.3, -0.25) is 4.79 Å². The van der Waals surface area contributed by atoms with Gasteiger partial charge in [0.25, 0.3) is 0 Å². The van der Waals surface area contributed by atoms with E-state index in [1.165, 1.54) is 12.1 Å². The third-order valence-corrected chi connectivity index (χ3v) is 2.39. The number of halogens is 1. The van der Waals surface area contributed by atoms with Crippen molar-refractivity contribution in [1.82, 2.24) is 0 Å². The number of rotatable bonds is 3. The summed E-state index contributed by atoms with van der Waals surface area (Å²) in [4.78, 5) is 11.6. The average Bonchev–Trinajstić information content (AvgIpc) is 2.78. The Morgan fingerprint density at radius 2 is 1.88 bits per heavy atom. The van der Waals surface area contributed by atoms with E-state index < -0.39 is 6.04 Å². The van der Waals surface area contributed by atoms with Crippen LogP contribution in [0.15, 0.2) is 40.8 Å². The zero-order valence-corrected chi connectivity index (χ0v) is 9.31. The molecule has 4 heteroatoms. The van der Waals surface area contributed by atoms with Crippen molar-refractivity contribution in [3.05, 3.63) is 48.0 Å². The van der Waals surface area contributed by atoms with Gasteiger partial charge in [0.1, 0.15) is 11.6 Å². The lowest BCUT2D eigenvalue weighted by molar-refractivity contribution is 0.0941. The highest BCUT2D eigenvalue weighted by atomic mass is 19.1. The van der Waals surface area contributed by atoms with Crippen LogP contribution in [0.5, 0.6) is 0 Å². The van der Waals surface area contributed by atoms with E-state index in [9.17, 15) is 9.18 Å². The van der Waals surface area contributed by atoms with Crippen molar-refractivity contribution in [2.75, 3.05) is 0 Å². The number of benzene rings is 1. The minimum atomic E-state index is -0.595. The van der Waals surface area contributed by atoms with Crippen molar-refractivity contribution in [3.63, 3.8) is 0 Å². The fourth-order valence-electron chi connectivity index (χ4n) is 1.46. The number of furan rings is 1. The molecule has 0 radical (unpaired) electrons. The molecule has 2 aromatic rings. The van der Waals surface area contributed by atoms with E-state index in [4.69, 9.17) is 10.2 Å². The second kappa shape index (κ2) is 4.51. The van der Waals surface area contributed by atoms with Gasteiger partial charge in [0.2, 0.25) is 5.78 Å². The number of ketones is 1. The van der Waals surface area contributed by atoms with Crippen LogP contribution < -0.4 is 5.73 Å². The normalized spacial score (nSPS) is 12.4. The van der Waals surface area contributed by atoms with Crippen LogP contribution in [-0.2, 0) is 0 Å². The molecule has 88 valence electrons. The van der Waals surface area contributed by atoms with Gasteiger partial charge in [-0.1, -0.05) is 0 Å². The molecule has 1 heterocycles. The highest BCUT2D eigenvalue weighted by Gasteiger charge is 2.15. The maximum atomic E-state index is 12.7. The molecule has 0 amide bonds. The van der Waals surface area contributed by atoms with E-state index in [-0.39, 0.29) is 17.4 Å². The molecule has 1 atom stereocenters. The highest BCUT2D eigenvalue weighted by Crippen LogP contribution is 2.22. The van der Waals surface area contributed by atoms with E-state index in [1.54, 1.807) is 31.2 Å². The number of hydrogen-bond acceptors (Lipinski definition) is 3. The van der Waals surface area contributed by atoms with Crippen LogP contribution in [0, 0.1) is 5.82 Å². The molecule has 1 aromatic heterocycles. The van der Waals surface area contributed by atoms with Crippen LogP contribution in [0.4, 0.5) is 4.39 Å². The topological polar surface area (TPSA) is 56.2 Å². The zero-order chi connectivity index (χ0) is 12.4. The second-order valence-electron chi connectivity index (χ2n) is 3.82. The van der Waals surface area contributed by atoms with Crippen molar-refractivity contribution in [3.8, 4) is 11.3 Å². The minimum Gasteiger partial charge on any atom is -0.453 e. The minimum absolute atomic E-state index is 0.222. The summed E-state index contributed by atoms with van der Waals surface area (Å²) < 4.78 is 18.1. The fourth-order valence-corrected chi connectivity index (χ4v) is 1.46. The van der Waals surface area contributed by atoms with Crippen LogP contribution in [0.2, 0.25) is 0 Å². The first kappa shape index (κ1) is 11.5. The molecule has 17 heavy (non-hydrogen) atoms. The van der Waals surface area contributed by atoms with Crippen LogP contribution in [0.3, 0.4) is 0 Å². The molecular formula is C13H12FNO2. The molecule has 0 aliphatic heterocycles. The maximum Gasteiger partial charge on any atom is 0.214 e. The summed E-state index contributed by atoms with van der Waals surface area (Å²) in [6.45, 7) is 1.60. The van der Waals surface area contributed by atoms with Crippen LogP contribution in [0.1, 0.15) is 17.5 Å². The Morgan fingerprint density at radius 1 is 1.24 bits per heavy atom. The quantitative estimate of drug-likeness (QED) is 0.829. The van der Waals surface area contributed by atoms with Gasteiger partial charge in [-0.05, 0) is 43.3 Å². The van der Waals surface area contributed by atoms with Gasteiger partial charge in [-0.25, -0.2) is 4.39 Å². The molecule has 0 aliphatic carbocycles. The van der Waals surface area contributed by atoms with E-state index in [1.807, 2.05) is 0 Å². The Morgan fingerprint density at radius 3 is 2.47 bits per heavy atom. The molecule has 1 unspecified atom stereocenters. The van der Waals surface area contributed by atoms with Crippen molar-refractivity contribution in [2.24, 2.45) is 5.73 Å². The molecule has 2 rings (SSSR count). The molecule has 0 spiro atoms. The number of carbonyl (C=O) groups excluding carboxylic acids is 1. The van der Waals surface area contributed by atoms with E-state index in [0.29, 0.717) is 5.76 Å². The summed E-state index contributed by atoms with van der Waals surface area (Å²) in [5.74, 6) is 0.180. The van der Waals surface area contributed by atoms with E-state index >= 15 is 0 Å². The standard InChI is InChI=1S/C13H12FNO2/c1-8(15)13(16)12-7-6-11(17-12)9-2-4-10(14)5-3-9/h2-8H,15H2,1H3. The summed E-state index contributed by atoms with van der Waals surface area (Å²) >= 11 is 0. The van der Waals surface area contributed by atoms with Gasteiger partial charge >= 0.3 is 0 Å². The van der Waals surface area contributed by atoms with Crippen molar-refractivity contribution in [1.29, 1.82) is 0 Å². The summed E-state index contributed by atoms with van der Waals surface area (Å²) in [6, 6.07) is 8.51. The van der Waals surface area contributed by atoms with E-state index in [0.717, 1.165) is 5.56 Å². The molecule has 0 fully saturated rings.